The lowest BCUT2D eigenvalue weighted by Gasteiger charge is -2.32. The number of nitrogens with zero attached hydrogens (tertiary/aromatic N) is 3. The van der Waals surface area contributed by atoms with E-state index in [4.69, 9.17) is 9.47 Å². The highest BCUT2D eigenvalue weighted by Crippen LogP contribution is 2.52. The number of likely N-dealkylation sites (tertiary alicyclic amines) is 1. The first kappa shape index (κ1) is 18.6. The number of aromatic nitrogens is 2. The fraction of sp³-hybridized carbons (Fsp3) is 0.435. The number of nitrogens with one attached hydrogen (secondary N) is 1. The summed E-state index contributed by atoms with van der Waals surface area (Å²) < 4.78 is 11.6. The summed E-state index contributed by atoms with van der Waals surface area (Å²) in [5.74, 6) is -0.178. The van der Waals surface area contributed by atoms with Crippen LogP contribution in [0.5, 0.6) is 5.75 Å². The van der Waals surface area contributed by atoms with Gasteiger partial charge in [-0.3, -0.25) is 14.7 Å². The number of hydrogen-bond donors (Lipinski definition) is 1. The van der Waals surface area contributed by atoms with Crippen molar-refractivity contribution in [1.29, 1.82) is 0 Å². The fourth-order valence-electron chi connectivity index (χ4n) is 5.61. The molecule has 5 heterocycles. The van der Waals surface area contributed by atoms with Gasteiger partial charge in [0.2, 0.25) is 11.8 Å². The van der Waals surface area contributed by atoms with Crippen LogP contribution in [-0.2, 0) is 33.8 Å². The first-order chi connectivity index (χ1) is 15.1. The number of rotatable bonds is 4. The Hall–Kier alpha value is -3.13. The van der Waals surface area contributed by atoms with Gasteiger partial charge in [-0.15, -0.1) is 0 Å². The summed E-state index contributed by atoms with van der Waals surface area (Å²) in [5.41, 5.74) is 2.43. The third kappa shape index (κ3) is 2.74. The molecule has 6 rings (SSSR count). The Bertz CT molecular complexity index is 1090. The molecule has 4 atom stereocenters. The first-order valence-electron chi connectivity index (χ1n) is 10.7. The molecule has 8 nitrogen and oxygen atoms in total. The molecule has 4 aliphatic rings. The second-order valence-corrected chi connectivity index (χ2v) is 8.83. The standard InChI is InChI=1S/C23H24N4O4/c1-30-16-4-2-3-14(9-16)11-27-13-23-7-5-18(31-23)19(20(23)22(27)29)21(28)26-8-6-17-15(12-26)10-24-25-17/h2-5,7,9-10,18-20H,6,8,11-13H2,1H3,(H,24,25). The number of methoxy groups -OCH3 is 1. The van der Waals surface area contributed by atoms with Crippen LogP contribution in [0, 0.1) is 11.8 Å². The molecule has 4 unspecified atom stereocenters. The summed E-state index contributed by atoms with van der Waals surface area (Å²) in [4.78, 5) is 30.7. The Labute approximate surface area is 179 Å². The van der Waals surface area contributed by atoms with Crippen LogP contribution < -0.4 is 4.74 Å². The summed E-state index contributed by atoms with van der Waals surface area (Å²) in [6, 6.07) is 7.72. The molecule has 2 amide bonds. The quantitative estimate of drug-likeness (QED) is 0.753. The second kappa shape index (κ2) is 6.68. The number of hydrogen-bond acceptors (Lipinski definition) is 5. The smallest absolute Gasteiger partial charge is 0.230 e. The SMILES string of the molecule is COc1cccc(CN2CC34C=CC(O3)C(C(=O)N3CCc5[nH]ncc5C3)C4C2=O)c1. The molecule has 0 saturated carbocycles. The Morgan fingerprint density at radius 2 is 2.32 bits per heavy atom. The van der Waals surface area contributed by atoms with Crippen molar-refractivity contribution in [3.8, 4) is 5.75 Å². The third-order valence-corrected chi connectivity index (χ3v) is 7.08. The van der Waals surface area contributed by atoms with Crippen molar-refractivity contribution in [2.24, 2.45) is 11.8 Å². The monoisotopic (exact) mass is 420 g/mol. The summed E-state index contributed by atoms with van der Waals surface area (Å²) in [5, 5.41) is 7.09. The Morgan fingerprint density at radius 3 is 3.19 bits per heavy atom. The molecule has 1 spiro atoms. The zero-order chi connectivity index (χ0) is 21.2. The van der Waals surface area contributed by atoms with Gasteiger partial charge in [-0.2, -0.15) is 5.10 Å². The molecule has 1 N–H and O–H groups in total. The Balaban J connectivity index is 1.24. The van der Waals surface area contributed by atoms with Crippen molar-refractivity contribution in [2.45, 2.75) is 31.2 Å². The normalized spacial score (nSPS) is 30.6. The average Bonchev–Trinajstić information content (AvgIpc) is 3.54. The lowest BCUT2D eigenvalue weighted by Crippen LogP contribution is -2.47. The van der Waals surface area contributed by atoms with Crippen molar-refractivity contribution in [2.75, 3.05) is 20.2 Å². The highest BCUT2D eigenvalue weighted by Gasteiger charge is 2.67. The number of benzene rings is 1. The molecule has 0 radical (unpaired) electrons. The van der Waals surface area contributed by atoms with Gasteiger partial charge in [0, 0.05) is 37.3 Å². The Morgan fingerprint density at radius 1 is 1.42 bits per heavy atom. The van der Waals surface area contributed by atoms with Crippen LogP contribution in [0.1, 0.15) is 16.8 Å². The highest BCUT2D eigenvalue weighted by molar-refractivity contribution is 5.93. The average molecular weight is 420 g/mol. The number of ether oxygens (including phenoxy) is 2. The van der Waals surface area contributed by atoms with Crippen LogP contribution in [0.4, 0.5) is 0 Å². The number of carbonyl (C=O) groups is 2. The second-order valence-electron chi connectivity index (χ2n) is 8.83. The van der Waals surface area contributed by atoms with Gasteiger partial charge < -0.3 is 19.3 Å². The predicted octanol–water partition coefficient (Wildman–Crippen LogP) is 1.29. The van der Waals surface area contributed by atoms with Crippen LogP contribution in [0.2, 0.25) is 0 Å². The van der Waals surface area contributed by atoms with Crippen LogP contribution >= 0.6 is 0 Å². The van der Waals surface area contributed by atoms with Gasteiger partial charge in [-0.1, -0.05) is 24.3 Å². The number of fused-ring (bicyclic) bond motifs is 2. The van der Waals surface area contributed by atoms with Crippen molar-refractivity contribution in [3.05, 3.63) is 59.4 Å². The van der Waals surface area contributed by atoms with Crippen LogP contribution in [0.3, 0.4) is 0 Å². The lowest BCUT2D eigenvalue weighted by molar-refractivity contribution is -0.144. The van der Waals surface area contributed by atoms with Crippen molar-refractivity contribution in [3.63, 3.8) is 0 Å². The van der Waals surface area contributed by atoms with E-state index in [1.54, 1.807) is 13.3 Å². The molecule has 31 heavy (non-hydrogen) atoms. The maximum absolute atomic E-state index is 13.5. The molecule has 2 aromatic rings. The zero-order valence-corrected chi connectivity index (χ0v) is 17.3. The number of aromatic amines is 1. The van der Waals surface area contributed by atoms with E-state index in [0.717, 1.165) is 29.0 Å². The van der Waals surface area contributed by atoms with Crippen molar-refractivity contribution in [1.82, 2.24) is 20.0 Å². The number of H-pyrrole nitrogens is 1. The summed E-state index contributed by atoms with van der Waals surface area (Å²) >= 11 is 0. The van der Waals surface area contributed by atoms with E-state index in [0.29, 0.717) is 26.2 Å². The molecular weight excluding hydrogens is 396 g/mol. The predicted molar refractivity (Wildman–Crippen MR) is 110 cm³/mol. The van der Waals surface area contributed by atoms with E-state index < -0.39 is 17.4 Å². The van der Waals surface area contributed by atoms with Gasteiger partial charge in [0.05, 0.1) is 37.8 Å². The first-order valence-corrected chi connectivity index (χ1v) is 10.7. The minimum absolute atomic E-state index is 0.00431. The molecule has 8 heteroatoms. The summed E-state index contributed by atoms with van der Waals surface area (Å²) in [7, 11) is 1.63. The molecule has 160 valence electrons. The largest absolute Gasteiger partial charge is 0.497 e. The zero-order valence-electron chi connectivity index (χ0n) is 17.3. The van der Waals surface area contributed by atoms with Gasteiger partial charge in [0.1, 0.15) is 11.4 Å². The number of amides is 2. The van der Waals surface area contributed by atoms with Gasteiger partial charge in [0.25, 0.3) is 0 Å². The van der Waals surface area contributed by atoms with E-state index in [9.17, 15) is 9.59 Å². The molecule has 2 fully saturated rings. The minimum Gasteiger partial charge on any atom is -0.497 e. The van der Waals surface area contributed by atoms with Crippen molar-refractivity contribution < 1.29 is 19.1 Å². The van der Waals surface area contributed by atoms with E-state index in [-0.39, 0.29) is 17.9 Å². The molecule has 2 saturated heterocycles. The highest BCUT2D eigenvalue weighted by atomic mass is 16.5. The fourth-order valence-corrected chi connectivity index (χ4v) is 5.61. The van der Waals surface area contributed by atoms with Crippen LogP contribution in [0.15, 0.2) is 42.6 Å². The molecule has 1 aromatic carbocycles. The van der Waals surface area contributed by atoms with Gasteiger partial charge in [0.15, 0.2) is 0 Å². The van der Waals surface area contributed by atoms with Crippen molar-refractivity contribution >= 4 is 11.8 Å². The van der Waals surface area contributed by atoms with Gasteiger partial charge in [-0.25, -0.2) is 0 Å². The van der Waals surface area contributed by atoms with E-state index >= 15 is 0 Å². The minimum atomic E-state index is -0.697. The molecule has 1 aromatic heterocycles. The topological polar surface area (TPSA) is 87.8 Å². The number of carbonyl (C=O) groups excluding carboxylic acids is 2. The van der Waals surface area contributed by atoms with E-state index in [1.807, 2.05) is 46.2 Å². The molecular formula is C23H24N4O4. The van der Waals surface area contributed by atoms with E-state index in [1.165, 1.54) is 0 Å². The van der Waals surface area contributed by atoms with Gasteiger partial charge in [-0.05, 0) is 17.7 Å². The molecule has 0 aliphatic carbocycles. The van der Waals surface area contributed by atoms with E-state index in [2.05, 4.69) is 10.2 Å². The maximum Gasteiger partial charge on any atom is 0.230 e. The molecule has 2 bridgehead atoms. The maximum atomic E-state index is 13.5. The summed E-state index contributed by atoms with van der Waals surface area (Å²) in [6.45, 7) is 2.09. The molecule has 4 aliphatic heterocycles. The summed E-state index contributed by atoms with van der Waals surface area (Å²) in [6.07, 6.45) is 6.17. The van der Waals surface area contributed by atoms with Gasteiger partial charge >= 0.3 is 0 Å². The van der Waals surface area contributed by atoms with Crippen LogP contribution in [-0.4, -0.2) is 63.7 Å². The Kier molecular flexibility index (Phi) is 4.02. The lowest BCUT2D eigenvalue weighted by atomic mass is 9.76. The third-order valence-electron chi connectivity index (χ3n) is 7.08. The van der Waals surface area contributed by atoms with Crippen LogP contribution in [0.25, 0.3) is 0 Å².